The second-order valence-electron chi connectivity index (χ2n) is 3.21. The van der Waals surface area contributed by atoms with Crippen LogP contribution in [0.5, 0.6) is 11.5 Å². The minimum Gasteiger partial charge on any atom is -0.507 e. The summed E-state index contributed by atoms with van der Waals surface area (Å²) in [5.74, 6) is 0.682. The van der Waals surface area contributed by atoms with E-state index in [1.165, 1.54) is 0 Å². The number of phenolic OH excluding ortho intramolecular Hbond substituents is 1. The molecule has 0 spiro atoms. The molecule has 0 aliphatic heterocycles. The van der Waals surface area contributed by atoms with Gasteiger partial charge in [-0.05, 0) is 23.6 Å². The lowest BCUT2D eigenvalue weighted by atomic mass is 10.1. The third-order valence-electron chi connectivity index (χ3n) is 2.33. The van der Waals surface area contributed by atoms with Gasteiger partial charge in [0.15, 0.2) is 6.29 Å². The van der Waals surface area contributed by atoms with Gasteiger partial charge in [0.25, 0.3) is 0 Å². The largest absolute Gasteiger partial charge is 0.507 e. The third kappa shape index (κ3) is 1.52. The standard InChI is InChI=1S/C12H10O3/c1-15-12-4-2-3-8-6-11(14)9(7-13)5-10(8)12/h2-7,14H,1H3. The highest BCUT2D eigenvalue weighted by Gasteiger charge is 2.06. The molecule has 76 valence electrons. The van der Waals surface area contributed by atoms with Crippen molar-refractivity contribution in [3.05, 3.63) is 35.9 Å². The quantitative estimate of drug-likeness (QED) is 0.760. The van der Waals surface area contributed by atoms with E-state index in [2.05, 4.69) is 0 Å². The molecule has 0 atom stereocenters. The molecular weight excluding hydrogens is 192 g/mol. The molecule has 0 radical (unpaired) electrons. The first-order chi connectivity index (χ1) is 7.26. The molecule has 0 amide bonds. The summed E-state index contributed by atoms with van der Waals surface area (Å²) >= 11 is 0. The van der Waals surface area contributed by atoms with Crippen molar-refractivity contribution in [2.24, 2.45) is 0 Å². The van der Waals surface area contributed by atoms with Crippen LogP contribution in [-0.2, 0) is 0 Å². The molecule has 0 aliphatic carbocycles. The van der Waals surface area contributed by atoms with E-state index in [-0.39, 0.29) is 11.3 Å². The minimum atomic E-state index is -0.00856. The molecule has 2 aromatic rings. The third-order valence-corrected chi connectivity index (χ3v) is 2.33. The second kappa shape index (κ2) is 3.61. The van der Waals surface area contributed by atoms with Crippen molar-refractivity contribution in [1.82, 2.24) is 0 Å². The average Bonchev–Trinajstić information content (AvgIpc) is 2.27. The Morgan fingerprint density at radius 3 is 2.80 bits per heavy atom. The number of aldehydes is 1. The van der Waals surface area contributed by atoms with E-state index >= 15 is 0 Å². The molecule has 15 heavy (non-hydrogen) atoms. The van der Waals surface area contributed by atoms with Gasteiger partial charge in [-0.15, -0.1) is 0 Å². The van der Waals surface area contributed by atoms with E-state index in [0.717, 1.165) is 10.8 Å². The van der Waals surface area contributed by atoms with Gasteiger partial charge in [0, 0.05) is 5.39 Å². The molecule has 1 N–H and O–H groups in total. The van der Waals surface area contributed by atoms with Crippen molar-refractivity contribution in [1.29, 1.82) is 0 Å². The Morgan fingerprint density at radius 1 is 1.33 bits per heavy atom. The molecule has 0 saturated heterocycles. The van der Waals surface area contributed by atoms with Gasteiger partial charge in [0.05, 0.1) is 12.7 Å². The van der Waals surface area contributed by atoms with E-state index in [9.17, 15) is 9.90 Å². The maximum atomic E-state index is 10.7. The number of carbonyl (C=O) groups is 1. The van der Waals surface area contributed by atoms with Crippen LogP contribution in [0.15, 0.2) is 30.3 Å². The first kappa shape index (κ1) is 9.52. The van der Waals surface area contributed by atoms with Crippen LogP contribution in [0.25, 0.3) is 10.8 Å². The summed E-state index contributed by atoms with van der Waals surface area (Å²) < 4.78 is 5.17. The van der Waals surface area contributed by atoms with Crippen LogP contribution in [0.2, 0.25) is 0 Å². The number of aromatic hydroxyl groups is 1. The molecule has 0 fully saturated rings. The molecular formula is C12H10O3. The Balaban J connectivity index is 2.81. The van der Waals surface area contributed by atoms with E-state index in [1.807, 2.05) is 18.2 Å². The van der Waals surface area contributed by atoms with Crippen LogP contribution in [0.3, 0.4) is 0 Å². The number of benzene rings is 2. The topological polar surface area (TPSA) is 46.5 Å². The lowest BCUT2D eigenvalue weighted by molar-refractivity contribution is 0.112. The Kier molecular flexibility index (Phi) is 2.29. The van der Waals surface area contributed by atoms with Gasteiger partial charge in [-0.25, -0.2) is 0 Å². The maximum Gasteiger partial charge on any atom is 0.153 e. The summed E-state index contributed by atoms with van der Waals surface area (Å²) in [6.45, 7) is 0. The number of hydrogen-bond donors (Lipinski definition) is 1. The van der Waals surface area contributed by atoms with Crippen molar-refractivity contribution >= 4 is 17.1 Å². The fourth-order valence-corrected chi connectivity index (χ4v) is 1.57. The molecule has 0 aliphatic rings. The Morgan fingerprint density at radius 2 is 2.13 bits per heavy atom. The normalized spacial score (nSPS) is 10.2. The summed E-state index contributed by atoms with van der Waals surface area (Å²) in [4.78, 5) is 10.7. The van der Waals surface area contributed by atoms with Crippen molar-refractivity contribution in [2.75, 3.05) is 7.11 Å². The number of rotatable bonds is 2. The molecule has 2 rings (SSSR count). The van der Waals surface area contributed by atoms with Crippen LogP contribution in [0.4, 0.5) is 0 Å². The first-order valence-corrected chi connectivity index (χ1v) is 4.51. The van der Waals surface area contributed by atoms with E-state index < -0.39 is 0 Å². The second-order valence-corrected chi connectivity index (χ2v) is 3.21. The zero-order chi connectivity index (χ0) is 10.8. The number of ether oxygens (including phenoxy) is 1. The molecule has 3 nitrogen and oxygen atoms in total. The van der Waals surface area contributed by atoms with Crippen LogP contribution in [0, 0.1) is 0 Å². The predicted octanol–water partition coefficient (Wildman–Crippen LogP) is 2.37. The van der Waals surface area contributed by atoms with Gasteiger partial charge >= 0.3 is 0 Å². The smallest absolute Gasteiger partial charge is 0.153 e. The summed E-state index contributed by atoms with van der Waals surface area (Å²) in [6, 6.07) is 8.68. The fraction of sp³-hybridized carbons (Fsp3) is 0.0833. The Bertz CT molecular complexity index is 518. The summed E-state index contributed by atoms with van der Waals surface area (Å²) in [5.41, 5.74) is 0.270. The predicted molar refractivity (Wildman–Crippen MR) is 57.6 cm³/mol. The van der Waals surface area contributed by atoms with E-state index in [0.29, 0.717) is 12.0 Å². The Hall–Kier alpha value is -2.03. The van der Waals surface area contributed by atoms with Gasteiger partial charge in [0.2, 0.25) is 0 Å². The highest BCUT2D eigenvalue weighted by Crippen LogP contribution is 2.30. The summed E-state index contributed by atoms with van der Waals surface area (Å²) in [7, 11) is 1.57. The zero-order valence-electron chi connectivity index (χ0n) is 8.23. The molecule has 0 heterocycles. The number of phenols is 1. The molecule has 0 aromatic heterocycles. The van der Waals surface area contributed by atoms with Crippen molar-refractivity contribution in [3.63, 3.8) is 0 Å². The minimum absolute atomic E-state index is 0.00856. The van der Waals surface area contributed by atoms with Crippen molar-refractivity contribution in [3.8, 4) is 11.5 Å². The highest BCUT2D eigenvalue weighted by molar-refractivity contribution is 5.95. The van der Waals surface area contributed by atoms with Gasteiger partial charge in [-0.1, -0.05) is 12.1 Å². The maximum absolute atomic E-state index is 10.7. The van der Waals surface area contributed by atoms with Crippen molar-refractivity contribution in [2.45, 2.75) is 0 Å². The lowest BCUT2D eigenvalue weighted by Gasteiger charge is -2.06. The van der Waals surface area contributed by atoms with Crippen molar-refractivity contribution < 1.29 is 14.6 Å². The van der Waals surface area contributed by atoms with Gasteiger partial charge in [0.1, 0.15) is 11.5 Å². The number of hydrogen-bond acceptors (Lipinski definition) is 3. The van der Waals surface area contributed by atoms with Gasteiger partial charge < -0.3 is 9.84 Å². The number of carbonyl (C=O) groups excluding carboxylic acids is 1. The fourth-order valence-electron chi connectivity index (χ4n) is 1.57. The molecule has 0 unspecified atom stereocenters. The van der Waals surface area contributed by atoms with Gasteiger partial charge in [-0.3, -0.25) is 4.79 Å². The Labute approximate surface area is 86.9 Å². The highest BCUT2D eigenvalue weighted by atomic mass is 16.5. The lowest BCUT2D eigenvalue weighted by Crippen LogP contribution is -1.87. The average molecular weight is 202 g/mol. The van der Waals surface area contributed by atoms with Gasteiger partial charge in [-0.2, -0.15) is 0 Å². The van der Waals surface area contributed by atoms with E-state index in [4.69, 9.17) is 4.74 Å². The monoisotopic (exact) mass is 202 g/mol. The SMILES string of the molecule is COc1cccc2cc(O)c(C=O)cc12. The van der Waals surface area contributed by atoms with Crippen LogP contribution in [-0.4, -0.2) is 18.5 Å². The van der Waals surface area contributed by atoms with Crippen LogP contribution in [0.1, 0.15) is 10.4 Å². The summed E-state index contributed by atoms with van der Waals surface area (Å²) in [5, 5.41) is 11.2. The molecule has 0 bridgehead atoms. The molecule has 0 saturated carbocycles. The number of fused-ring (bicyclic) bond motifs is 1. The summed E-state index contributed by atoms with van der Waals surface area (Å²) in [6.07, 6.45) is 0.626. The van der Waals surface area contributed by atoms with E-state index in [1.54, 1.807) is 19.2 Å². The van der Waals surface area contributed by atoms with Crippen LogP contribution >= 0.6 is 0 Å². The molecule has 2 aromatic carbocycles. The first-order valence-electron chi connectivity index (χ1n) is 4.51. The zero-order valence-corrected chi connectivity index (χ0v) is 8.23. The van der Waals surface area contributed by atoms with Crippen LogP contribution < -0.4 is 4.74 Å². The molecule has 3 heteroatoms. The number of methoxy groups -OCH3 is 1.